The monoisotopic (exact) mass is 308 g/mol. The summed E-state index contributed by atoms with van der Waals surface area (Å²) in [4.78, 5) is 22.9. The SMILES string of the molecule is CCCCC(S)C(=O)OCOC(=O)C(S)CCCC. The molecule has 4 nitrogen and oxygen atoms in total. The summed E-state index contributed by atoms with van der Waals surface area (Å²) in [6.45, 7) is 3.72. The number of carbonyl (C=O) groups excluding carboxylic acids is 2. The maximum absolute atomic E-state index is 11.5. The fraction of sp³-hybridized carbons (Fsp3) is 0.846. The van der Waals surface area contributed by atoms with Crippen molar-refractivity contribution < 1.29 is 19.1 Å². The Morgan fingerprint density at radius 3 is 1.58 bits per heavy atom. The Morgan fingerprint density at radius 2 is 1.26 bits per heavy atom. The summed E-state index contributed by atoms with van der Waals surface area (Å²) >= 11 is 8.28. The lowest BCUT2D eigenvalue weighted by molar-refractivity contribution is -0.166. The van der Waals surface area contributed by atoms with Crippen LogP contribution in [0, 0.1) is 0 Å². The molecule has 0 aromatic heterocycles. The van der Waals surface area contributed by atoms with E-state index in [9.17, 15) is 9.59 Å². The largest absolute Gasteiger partial charge is 0.427 e. The molecule has 19 heavy (non-hydrogen) atoms. The summed E-state index contributed by atoms with van der Waals surface area (Å²) in [5, 5.41) is -0.906. The van der Waals surface area contributed by atoms with Gasteiger partial charge in [0.2, 0.25) is 6.79 Å². The molecule has 0 aliphatic carbocycles. The van der Waals surface area contributed by atoms with Crippen molar-refractivity contribution in [1.82, 2.24) is 0 Å². The molecule has 0 radical (unpaired) electrons. The van der Waals surface area contributed by atoms with Crippen LogP contribution in [0.1, 0.15) is 52.4 Å². The van der Waals surface area contributed by atoms with Gasteiger partial charge in [-0.25, -0.2) is 0 Å². The number of ether oxygens (including phenoxy) is 2. The topological polar surface area (TPSA) is 52.6 Å². The molecule has 0 amide bonds. The van der Waals surface area contributed by atoms with E-state index in [1.165, 1.54) is 0 Å². The first kappa shape index (κ1) is 18.6. The minimum absolute atomic E-state index is 0.357. The second kappa shape index (κ2) is 11.5. The Labute approximate surface area is 126 Å². The molecule has 112 valence electrons. The van der Waals surface area contributed by atoms with E-state index in [1.54, 1.807) is 0 Å². The first-order chi connectivity index (χ1) is 9.02. The minimum atomic E-state index is -0.453. The van der Waals surface area contributed by atoms with Crippen molar-refractivity contribution in [3.8, 4) is 0 Å². The Balaban J connectivity index is 3.77. The van der Waals surface area contributed by atoms with E-state index < -0.39 is 22.4 Å². The normalized spacial score (nSPS) is 13.7. The molecule has 0 saturated heterocycles. The molecule has 0 fully saturated rings. The second-order valence-electron chi connectivity index (χ2n) is 4.36. The standard InChI is InChI=1S/C13H24O4S2/c1-3-5-7-10(18)12(14)16-9-17-13(15)11(19)8-6-4-2/h10-11,18-19H,3-9H2,1-2H3. The Morgan fingerprint density at radius 1 is 0.895 bits per heavy atom. The van der Waals surface area contributed by atoms with Crippen LogP contribution in [0.4, 0.5) is 0 Å². The van der Waals surface area contributed by atoms with Gasteiger partial charge in [-0.2, -0.15) is 25.3 Å². The third kappa shape index (κ3) is 9.21. The molecular formula is C13H24O4S2. The summed E-state index contributed by atoms with van der Waals surface area (Å²) in [5.74, 6) is -0.900. The van der Waals surface area contributed by atoms with Crippen molar-refractivity contribution in [1.29, 1.82) is 0 Å². The van der Waals surface area contributed by atoms with Gasteiger partial charge in [-0.05, 0) is 12.8 Å². The van der Waals surface area contributed by atoms with Gasteiger partial charge in [0.25, 0.3) is 0 Å². The number of hydrogen-bond donors (Lipinski definition) is 2. The number of unbranched alkanes of at least 4 members (excludes halogenated alkanes) is 2. The van der Waals surface area contributed by atoms with Gasteiger partial charge in [0.15, 0.2) is 0 Å². The molecule has 2 atom stereocenters. The van der Waals surface area contributed by atoms with Crippen LogP contribution in [-0.2, 0) is 19.1 Å². The van der Waals surface area contributed by atoms with E-state index in [0.29, 0.717) is 12.8 Å². The molecule has 0 heterocycles. The van der Waals surface area contributed by atoms with Crippen LogP contribution in [0.25, 0.3) is 0 Å². The predicted molar refractivity (Wildman–Crippen MR) is 81.6 cm³/mol. The van der Waals surface area contributed by atoms with Gasteiger partial charge < -0.3 is 9.47 Å². The predicted octanol–water partition coefficient (Wildman–Crippen LogP) is 3.01. The highest BCUT2D eigenvalue weighted by atomic mass is 32.1. The van der Waals surface area contributed by atoms with E-state index in [0.717, 1.165) is 25.7 Å². The van der Waals surface area contributed by atoms with Gasteiger partial charge in [0.1, 0.15) is 0 Å². The highest BCUT2D eigenvalue weighted by Crippen LogP contribution is 2.10. The van der Waals surface area contributed by atoms with Gasteiger partial charge in [-0.15, -0.1) is 0 Å². The molecule has 0 rings (SSSR count). The van der Waals surface area contributed by atoms with E-state index in [4.69, 9.17) is 9.47 Å². The van der Waals surface area contributed by atoms with Gasteiger partial charge in [-0.3, -0.25) is 9.59 Å². The van der Waals surface area contributed by atoms with E-state index in [-0.39, 0.29) is 6.79 Å². The number of rotatable bonds is 10. The average molecular weight is 308 g/mol. The molecule has 0 aromatic carbocycles. The number of hydrogen-bond acceptors (Lipinski definition) is 6. The molecule has 0 saturated carbocycles. The zero-order valence-electron chi connectivity index (χ0n) is 11.6. The van der Waals surface area contributed by atoms with Crippen molar-refractivity contribution in [2.24, 2.45) is 0 Å². The molecule has 0 bridgehead atoms. The van der Waals surface area contributed by atoms with E-state index in [1.807, 2.05) is 13.8 Å². The zero-order chi connectivity index (χ0) is 14.7. The summed E-state index contributed by atoms with van der Waals surface area (Å²) in [5.41, 5.74) is 0. The molecular weight excluding hydrogens is 284 g/mol. The Bertz CT molecular complexity index is 245. The van der Waals surface area contributed by atoms with Gasteiger partial charge in [-0.1, -0.05) is 39.5 Å². The van der Waals surface area contributed by atoms with Crippen LogP contribution in [0.3, 0.4) is 0 Å². The molecule has 0 aliphatic heterocycles. The molecule has 0 spiro atoms. The molecule has 2 unspecified atom stereocenters. The van der Waals surface area contributed by atoms with Gasteiger partial charge >= 0.3 is 11.9 Å². The summed E-state index contributed by atoms with van der Waals surface area (Å²) in [6.07, 6.45) is 5.16. The maximum atomic E-state index is 11.5. The average Bonchev–Trinajstić information content (AvgIpc) is 2.41. The lowest BCUT2D eigenvalue weighted by atomic mass is 10.2. The number of thiol groups is 2. The van der Waals surface area contributed by atoms with Crippen LogP contribution in [-0.4, -0.2) is 29.2 Å². The van der Waals surface area contributed by atoms with Crippen LogP contribution >= 0.6 is 25.3 Å². The van der Waals surface area contributed by atoms with Crippen LogP contribution in [0.5, 0.6) is 0 Å². The number of esters is 2. The fourth-order valence-corrected chi connectivity index (χ4v) is 1.88. The highest BCUT2D eigenvalue weighted by Gasteiger charge is 2.18. The van der Waals surface area contributed by atoms with E-state index >= 15 is 0 Å². The summed E-state index contributed by atoms with van der Waals surface area (Å²) < 4.78 is 9.67. The van der Waals surface area contributed by atoms with Crippen LogP contribution in [0.15, 0.2) is 0 Å². The lowest BCUT2D eigenvalue weighted by Crippen LogP contribution is -2.24. The summed E-state index contributed by atoms with van der Waals surface area (Å²) in [7, 11) is 0. The third-order valence-electron chi connectivity index (χ3n) is 2.61. The second-order valence-corrected chi connectivity index (χ2v) is 5.61. The van der Waals surface area contributed by atoms with Crippen LogP contribution < -0.4 is 0 Å². The van der Waals surface area contributed by atoms with Crippen molar-refractivity contribution in [2.45, 2.75) is 62.9 Å². The van der Waals surface area contributed by atoms with Crippen molar-refractivity contribution in [3.05, 3.63) is 0 Å². The molecule has 6 heteroatoms. The molecule has 0 aromatic rings. The van der Waals surface area contributed by atoms with Gasteiger partial charge in [0.05, 0.1) is 10.5 Å². The Kier molecular flexibility index (Phi) is 11.2. The van der Waals surface area contributed by atoms with E-state index in [2.05, 4.69) is 25.3 Å². The fourth-order valence-electron chi connectivity index (χ4n) is 1.37. The van der Waals surface area contributed by atoms with Crippen molar-refractivity contribution in [3.63, 3.8) is 0 Å². The highest BCUT2D eigenvalue weighted by molar-refractivity contribution is 7.82. The minimum Gasteiger partial charge on any atom is -0.427 e. The Hall–Kier alpha value is -0.360. The van der Waals surface area contributed by atoms with Gasteiger partial charge in [0, 0.05) is 0 Å². The smallest absolute Gasteiger partial charge is 0.321 e. The maximum Gasteiger partial charge on any atom is 0.321 e. The molecule has 0 N–H and O–H groups in total. The van der Waals surface area contributed by atoms with Crippen molar-refractivity contribution >= 4 is 37.2 Å². The third-order valence-corrected chi connectivity index (χ3v) is 3.55. The van der Waals surface area contributed by atoms with Crippen LogP contribution in [0.2, 0.25) is 0 Å². The first-order valence-corrected chi connectivity index (χ1v) is 7.75. The van der Waals surface area contributed by atoms with Crippen molar-refractivity contribution in [2.75, 3.05) is 6.79 Å². The molecule has 0 aliphatic rings. The summed E-state index contributed by atoms with van der Waals surface area (Å²) in [6, 6.07) is 0. The quantitative estimate of drug-likeness (QED) is 0.370. The first-order valence-electron chi connectivity index (χ1n) is 6.72. The number of carbonyl (C=O) groups is 2. The lowest BCUT2D eigenvalue weighted by Gasteiger charge is -2.12. The zero-order valence-corrected chi connectivity index (χ0v) is 13.4.